The van der Waals surface area contributed by atoms with Crippen LogP contribution in [0.5, 0.6) is 0 Å². The van der Waals surface area contributed by atoms with E-state index in [4.69, 9.17) is 0 Å². The Morgan fingerprint density at radius 3 is 2.37 bits per heavy atom. The minimum absolute atomic E-state index is 0.000980. The Morgan fingerprint density at radius 1 is 1.10 bits per heavy atom. The van der Waals surface area contributed by atoms with E-state index in [0.717, 1.165) is 11.1 Å². The van der Waals surface area contributed by atoms with Gasteiger partial charge in [-0.2, -0.15) is 0 Å². The van der Waals surface area contributed by atoms with Crippen molar-refractivity contribution < 1.29 is 14.5 Å². The van der Waals surface area contributed by atoms with Gasteiger partial charge in [-0.25, -0.2) is 0 Å². The molecule has 2 amide bonds. The van der Waals surface area contributed by atoms with E-state index < -0.39 is 4.92 Å². The van der Waals surface area contributed by atoms with Gasteiger partial charge in [0.15, 0.2) is 0 Å². The number of aryl methyl sites for hydroxylation is 1. The van der Waals surface area contributed by atoms with Gasteiger partial charge in [0.2, 0.25) is 5.91 Å². The Balaban J connectivity index is 1.78. The van der Waals surface area contributed by atoms with Crippen molar-refractivity contribution in [3.05, 3.63) is 69.3 Å². The molecule has 0 aliphatic carbocycles. The molecule has 30 heavy (non-hydrogen) atoms. The molecular formula is C22H26N4O4. The lowest BCUT2D eigenvalue weighted by molar-refractivity contribution is -0.384. The molecule has 8 nitrogen and oxygen atoms in total. The lowest BCUT2D eigenvalue weighted by atomic mass is 10.0. The van der Waals surface area contributed by atoms with Gasteiger partial charge in [-0.1, -0.05) is 24.3 Å². The van der Waals surface area contributed by atoms with Crippen LogP contribution in [0.4, 0.5) is 11.4 Å². The fourth-order valence-corrected chi connectivity index (χ4v) is 3.77. The number of carbonyl (C=O) groups excluding carboxylic acids is 2. The second kappa shape index (κ2) is 8.94. The lowest BCUT2D eigenvalue weighted by Crippen LogP contribution is -2.48. The average molecular weight is 410 g/mol. The summed E-state index contributed by atoms with van der Waals surface area (Å²) in [4.78, 5) is 39.1. The van der Waals surface area contributed by atoms with Crippen LogP contribution in [-0.2, 0) is 4.79 Å². The first-order chi connectivity index (χ1) is 14.3. The molecule has 3 rings (SSSR count). The van der Waals surface area contributed by atoms with Gasteiger partial charge < -0.3 is 15.1 Å². The van der Waals surface area contributed by atoms with Crippen molar-refractivity contribution in [2.45, 2.75) is 26.8 Å². The predicted molar refractivity (Wildman–Crippen MR) is 115 cm³/mol. The lowest BCUT2D eigenvalue weighted by Gasteiger charge is -2.35. The molecule has 1 fully saturated rings. The SMILES string of the molecule is CC(=O)N1CCN(c2ccc(C(=O)NC(C)c3ccccc3C)cc2[N+](=O)[O-])CC1. The van der Waals surface area contributed by atoms with Crippen molar-refractivity contribution in [2.24, 2.45) is 0 Å². The van der Waals surface area contributed by atoms with Crippen LogP contribution < -0.4 is 10.2 Å². The molecule has 0 saturated carbocycles. The highest BCUT2D eigenvalue weighted by molar-refractivity contribution is 5.96. The van der Waals surface area contributed by atoms with Crippen molar-refractivity contribution in [1.29, 1.82) is 0 Å². The summed E-state index contributed by atoms with van der Waals surface area (Å²) in [5.74, 6) is -0.360. The molecule has 1 heterocycles. The molecule has 0 aromatic heterocycles. The van der Waals surface area contributed by atoms with Gasteiger partial charge in [0, 0.05) is 44.7 Å². The Kier molecular flexibility index (Phi) is 6.34. The number of benzene rings is 2. The Bertz CT molecular complexity index is 967. The molecule has 1 saturated heterocycles. The van der Waals surface area contributed by atoms with Gasteiger partial charge in [0.05, 0.1) is 11.0 Å². The molecular weight excluding hydrogens is 384 g/mol. The summed E-state index contributed by atoms with van der Waals surface area (Å²) in [5.41, 5.74) is 2.67. The van der Waals surface area contributed by atoms with Crippen LogP contribution in [0.15, 0.2) is 42.5 Å². The minimum atomic E-state index is -0.464. The first kappa shape index (κ1) is 21.3. The van der Waals surface area contributed by atoms with Crippen molar-refractivity contribution in [3.63, 3.8) is 0 Å². The van der Waals surface area contributed by atoms with E-state index >= 15 is 0 Å². The normalized spacial score (nSPS) is 14.9. The fraction of sp³-hybridized carbons (Fsp3) is 0.364. The molecule has 2 aromatic rings. The van der Waals surface area contributed by atoms with Crippen LogP contribution in [-0.4, -0.2) is 47.8 Å². The van der Waals surface area contributed by atoms with Gasteiger partial charge in [0.1, 0.15) is 5.69 Å². The summed E-state index contributed by atoms with van der Waals surface area (Å²) in [6, 6.07) is 12.1. The van der Waals surface area contributed by atoms with Crippen molar-refractivity contribution >= 4 is 23.2 Å². The minimum Gasteiger partial charge on any atom is -0.362 e. The van der Waals surface area contributed by atoms with Crippen molar-refractivity contribution in [2.75, 3.05) is 31.1 Å². The Morgan fingerprint density at radius 2 is 1.77 bits per heavy atom. The topological polar surface area (TPSA) is 95.8 Å². The molecule has 8 heteroatoms. The third-order valence-electron chi connectivity index (χ3n) is 5.50. The smallest absolute Gasteiger partial charge is 0.293 e. The molecule has 1 aliphatic rings. The van der Waals surface area contributed by atoms with Crippen LogP contribution in [0.1, 0.15) is 41.4 Å². The maximum atomic E-state index is 12.7. The average Bonchev–Trinajstić information content (AvgIpc) is 2.73. The van der Waals surface area contributed by atoms with Crippen LogP contribution in [0.25, 0.3) is 0 Å². The molecule has 0 spiro atoms. The highest BCUT2D eigenvalue weighted by atomic mass is 16.6. The maximum absolute atomic E-state index is 12.7. The second-order valence-electron chi connectivity index (χ2n) is 7.51. The zero-order valence-electron chi connectivity index (χ0n) is 17.4. The molecule has 0 radical (unpaired) electrons. The number of nitro benzene ring substituents is 1. The Labute approximate surface area is 175 Å². The van der Waals surface area contributed by atoms with E-state index in [2.05, 4.69) is 5.32 Å². The van der Waals surface area contributed by atoms with E-state index in [9.17, 15) is 19.7 Å². The summed E-state index contributed by atoms with van der Waals surface area (Å²) in [6.45, 7) is 7.43. The zero-order valence-corrected chi connectivity index (χ0v) is 17.4. The summed E-state index contributed by atoms with van der Waals surface area (Å²) in [6.07, 6.45) is 0. The number of rotatable bonds is 5. The molecule has 2 aromatic carbocycles. The molecule has 0 bridgehead atoms. The number of nitrogens with one attached hydrogen (secondary N) is 1. The number of nitro groups is 1. The first-order valence-electron chi connectivity index (χ1n) is 9.93. The maximum Gasteiger partial charge on any atom is 0.293 e. The predicted octanol–water partition coefficient (Wildman–Crippen LogP) is 3.06. The van der Waals surface area contributed by atoms with Crippen LogP contribution >= 0.6 is 0 Å². The summed E-state index contributed by atoms with van der Waals surface area (Å²) in [7, 11) is 0. The largest absolute Gasteiger partial charge is 0.362 e. The number of nitrogens with zero attached hydrogens (tertiary/aromatic N) is 3. The van der Waals surface area contributed by atoms with E-state index in [0.29, 0.717) is 31.9 Å². The van der Waals surface area contributed by atoms with Crippen LogP contribution in [0.2, 0.25) is 0 Å². The highest BCUT2D eigenvalue weighted by Gasteiger charge is 2.26. The number of hydrogen-bond acceptors (Lipinski definition) is 5. The Hall–Kier alpha value is -3.42. The number of piperazine rings is 1. The van der Waals surface area contributed by atoms with Gasteiger partial charge in [-0.05, 0) is 37.1 Å². The summed E-state index contributed by atoms with van der Waals surface area (Å²) in [5, 5.41) is 14.6. The molecule has 158 valence electrons. The van der Waals surface area contributed by atoms with Crippen molar-refractivity contribution in [3.8, 4) is 0 Å². The van der Waals surface area contributed by atoms with Gasteiger partial charge >= 0.3 is 0 Å². The summed E-state index contributed by atoms with van der Waals surface area (Å²) < 4.78 is 0. The van der Waals surface area contributed by atoms with Gasteiger partial charge in [-0.15, -0.1) is 0 Å². The van der Waals surface area contributed by atoms with E-state index in [-0.39, 0.29) is 29.1 Å². The third kappa shape index (κ3) is 4.59. The van der Waals surface area contributed by atoms with Crippen molar-refractivity contribution in [1.82, 2.24) is 10.2 Å². The van der Waals surface area contributed by atoms with E-state index in [1.54, 1.807) is 17.0 Å². The van der Waals surface area contributed by atoms with Gasteiger partial charge in [0.25, 0.3) is 11.6 Å². The molecule has 1 atom stereocenters. The van der Waals surface area contributed by atoms with Crippen LogP contribution in [0, 0.1) is 17.0 Å². The molecule has 1 N–H and O–H groups in total. The monoisotopic (exact) mass is 410 g/mol. The third-order valence-corrected chi connectivity index (χ3v) is 5.50. The number of carbonyl (C=O) groups is 2. The molecule has 1 unspecified atom stereocenters. The van der Waals surface area contributed by atoms with Gasteiger partial charge in [-0.3, -0.25) is 19.7 Å². The van der Waals surface area contributed by atoms with E-state index in [1.807, 2.05) is 43.0 Å². The van der Waals surface area contributed by atoms with E-state index in [1.165, 1.54) is 13.0 Å². The standard InChI is InChI=1S/C22H26N4O4/c1-15-6-4-5-7-19(15)16(2)23-22(28)18-8-9-20(21(14-18)26(29)30)25-12-10-24(11-13-25)17(3)27/h4-9,14,16H,10-13H2,1-3H3,(H,23,28). The second-order valence-corrected chi connectivity index (χ2v) is 7.51. The number of anilines is 1. The summed E-state index contributed by atoms with van der Waals surface area (Å²) >= 11 is 0. The van der Waals surface area contributed by atoms with Crippen LogP contribution in [0.3, 0.4) is 0 Å². The first-order valence-corrected chi connectivity index (χ1v) is 9.93. The number of hydrogen-bond donors (Lipinski definition) is 1. The quantitative estimate of drug-likeness (QED) is 0.604. The highest BCUT2D eigenvalue weighted by Crippen LogP contribution is 2.30. The molecule has 1 aliphatic heterocycles. The zero-order chi connectivity index (χ0) is 21.8. The fourth-order valence-electron chi connectivity index (χ4n) is 3.77. The number of amides is 2.